The summed E-state index contributed by atoms with van der Waals surface area (Å²) in [5.41, 5.74) is 7.10. The van der Waals surface area contributed by atoms with E-state index in [1.54, 1.807) is 0 Å². The van der Waals surface area contributed by atoms with Crippen LogP contribution in [0.5, 0.6) is 0 Å². The molecule has 1 atom stereocenters. The zero-order chi connectivity index (χ0) is 14.1. The molecule has 2 aliphatic rings. The predicted octanol–water partition coefficient (Wildman–Crippen LogP) is 2.77. The number of halogens is 2. The highest BCUT2D eigenvalue weighted by Crippen LogP contribution is 2.32. The summed E-state index contributed by atoms with van der Waals surface area (Å²) >= 11 is 12.3. The monoisotopic (exact) mass is 313 g/mol. The molecule has 3 nitrogen and oxygen atoms in total. The first-order chi connectivity index (χ1) is 9.69. The van der Waals surface area contributed by atoms with E-state index >= 15 is 0 Å². The highest BCUT2D eigenvalue weighted by Gasteiger charge is 2.33. The zero-order valence-corrected chi connectivity index (χ0v) is 13.1. The van der Waals surface area contributed by atoms with Crippen molar-refractivity contribution in [1.82, 2.24) is 9.80 Å². The van der Waals surface area contributed by atoms with Crippen LogP contribution in [0.1, 0.15) is 24.4 Å². The Balaban J connectivity index is 1.69. The molecule has 1 aliphatic heterocycles. The van der Waals surface area contributed by atoms with Crippen molar-refractivity contribution in [3.05, 3.63) is 33.8 Å². The minimum atomic E-state index is 0.195. The summed E-state index contributed by atoms with van der Waals surface area (Å²) in [4.78, 5) is 5.06. The van der Waals surface area contributed by atoms with E-state index in [-0.39, 0.29) is 6.04 Å². The molecule has 0 bridgehead atoms. The Morgan fingerprint density at radius 1 is 1.15 bits per heavy atom. The second kappa shape index (κ2) is 6.20. The van der Waals surface area contributed by atoms with E-state index in [1.165, 1.54) is 12.8 Å². The van der Waals surface area contributed by atoms with Gasteiger partial charge in [0.15, 0.2) is 0 Å². The minimum absolute atomic E-state index is 0.195. The van der Waals surface area contributed by atoms with Crippen LogP contribution in [0, 0.1) is 0 Å². The van der Waals surface area contributed by atoms with Crippen LogP contribution >= 0.6 is 23.2 Å². The van der Waals surface area contributed by atoms with Gasteiger partial charge >= 0.3 is 0 Å². The highest BCUT2D eigenvalue weighted by molar-refractivity contribution is 6.35. The molecular formula is C15H21Cl2N3. The van der Waals surface area contributed by atoms with Gasteiger partial charge in [0.25, 0.3) is 0 Å². The summed E-state index contributed by atoms with van der Waals surface area (Å²) in [5, 5.41) is 1.39. The van der Waals surface area contributed by atoms with Gasteiger partial charge in [-0.15, -0.1) is 0 Å². The van der Waals surface area contributed by atoms with Crippen molar-refractivity contribution in [3.8, 4) is 0 Å². The first kappa shape index (κ1) is 14.6. The number of hydrogen-bond acceptors (Lipinski definition) is 3. The molecule has 1 saturated carbocycles. The lowest BCUT2D eigenvalue weighted by atomic mass is 10.0. The van der Waals surface area contributed by atoms with Crippen LogP contribution in [-0.4, -0.2) is 48.6 Å². The molecule has 1 aromatic carbocycles. The summed E-state index contributed by atoms with van der Waals surface area (Å²) < 4.78 is 0. The minimum Gasteiger partial charge on any atom is -0.329 e. The van der Waals surface area contributed by atoms with Crippen LogP contribution in [0.3, 0.4) is 0 Å². The fraction of sp³-hybridized carbons (Fsp3) is 0.600. The molecule has 1 heterocycles. The Kier molecular flexibility index (Phi) is 4.53. The van der Waals surface area contributed by atoms with Crippen LogP contribution in [0.2, 0.25) is 10.0 Å². The van der Waals surface area contributed by atoms with E-state index in [2.05, 4.69) is 9.80 Å². The summed E-state index contributed by atoms with van der Waals surface area (Å²) in [6.07, 6.45) is 2.76. The summed E-state index contributed by atoms with van der Waals surface area (Å²) in [5.74, 6) is 0. The van der Waals surface area contributed by atoms with E-state index in [4.69, 9.17) is 28.9 Å². The van der Waals surface area contributed by atoms with Crippen molar-refractivity contribution in [2.24, 2.45) is 5.73 Å². The lowest BCUT2D eigenvalue weighted by Gasteiger charge is -2.39. The van der Waals surface area contributed by atoms with E-state index in [0.29, 0.717) is 11.6 Å². The van der Waals surface area contributed by atoms with Gasteiger partial charge < -0.3 is 5.73 Å². The standard InChI is InChI=1S/C15H21Cl2N3/c16-11-1-4-13(14(17)9-11)15(10-18)20-7-5-19(6-8-20)12-2-3-12/h1,4,9,12,15H,2-3,5-8,10,18H2. The second-order valence-electron chi connectivity index (χ2n) is 5.72. The maximum atomic E-state index is 6.33. The zero-order valence-electron chi connectivity index (χ0n) is 11.6. The van der Waals surface area contributed by atoms with E-state index in [1.807, 2.05) is 18.2 Å². The first-order valence-corrected chi connectivity index (χ1v) is 8.07. The Morgan fingerprint density at radius 2 is 1.85 bits per heavy atom. The number of rotatable bonds is 4. The molecule has 0 radical (unpaired) electrons. The molecule has 1 unspecified atom stereocenters. The number of benzene rings is 1. The van der Waals surface area contributed by atoms with Gasteiger partial charge in [-0.25, -0.2) is 0 Å². The van der Waals surface area contributed by atoms with Crippen molar-refractivity contribution in [2.75, 3.05) is 32.7 Å². The van der Waals surface area contributed by atoms with Crippen LogP contribution in [0.25, 0.3) is 0 Å². The van der Waals surface area contributed by atoms with Gasteiger partial charge in [0.1, 0.15) is 0 Å². The van der Waals surface area contributed by atoms with Gasteiger partial charge in [0, 0.05) is 54.9 Å². The number of nitrogens with two attached hydrogens (primary N) is 1. The van der Waals surface area contributed by atoms with Gasteiger partial charge in [-0.05, 0) is 30.5 Å². The van der Waals surface area contributed by atoms with Crippen LogP contribution < -0.4 is 5.73 Å². The van der Waals surface area contributed by atoms with E-state index in [0.717, 1.165) is 42.8 Å². The maximum Gasteiger partial charge on any atom is 0.0486 e. The summed E-state index contributed by atoms with van der Waals surface area (Å²) in [6.45, 7) is 5.01. The molecule has 1 aromatic rings. The summed E-state index contributed by atoms with van der Waals surface area (Å²) in [6, 6.07) is 6.76. The van der Waals surface area contributed by atoms with Crippen molar-refractivity contribution in [3.63, 3.8) is 0 Å². The van der Waals surface area contributed by atoms with Gasteiger partial charge in [-0.1, -0.05) is 29.3 Å². The van der Waals surface area contributed by atoms with E-state index < -0.39 is 0 Å². The lowest BCUT2D eigenvalue weighted by molar-refractivity contribution is 0.0938. The van der Waals surface area contributed by atoms with Crippen molar-refractivity contribution in [1.29, 1.82) is 0 Å². The highest BCUT2D eigenvalue weighted by atomic mass is 35.5. The van der Waals surface area contributed by atoms with Gasteiger partial charge in [-0.2, -0.15) is 0 Å². The predicted molar refractivity (Wildman–Crippen MR) is 84.4 cm³/mol. The molecule has 5 heteroatoms. The van der Waals surface area contributed by atoms with Crippen LogP contribution in [0.15, 0.2) is 18.2 Å². The Morgan fingerprint density at radius 3 is 2.40 bits per heavy atom. The molecule has 20 heavy (non-hydrogen) atoms. The second-order valence-corrected chi connectivity index (χ2v) is 6.56. The third-order valence-electron chi connectivity index (χ3n) is 4.40. The normalized spacial score (nSPS) is 22.9. The maximum absolute atomic E-state index is 6.33. The molecule has 110 valence electrons. The average Bonchev–Trinajstić information content (AvgIpc) is 3.27. The molecule has 3 rings (SSSR count). The first-order valence-electron chi connectivity index (χ1n) is 7.32. The average molecular weight is 314 g/mol. The van der Waals surface area contributed by atoms with Crippen LogP contribution in [0.4, 0.5) is 0 Å². The summed E-state index contributed by atoms with van der Waals surface area (Å²) in [7, 11) is 0. The fourth-order valence-electron chi connectivity index (χ4n) is 3.10. The van der Waals surface area contributed by atoms with Gasteiger partial charge in [0.05, 0.1) is 0 Å². The van der Waals surface area contributed by atoms with Gasteiger partial charge in [-0.3, -0.25) is 9.80 Å². The largest absolute Gasteiger partial charge is 0.329 e. The fourth-order valence-corrected chi connectivity index (χ4v) is 3.63. The Labute approximate surface area is 130 Å². The molecule has 1 saturated heterocycles. The third-order valence-corrected chi connectivity index (χ3v) is 4.96. The SMILES string of the molecule is NCC(c1ccc(Cl)cc1Cl)N1CCN(C2CC2)CC1. The molecule has 0 aromatic heterocycles. The number of nitrogens with zero attached hydrogens (tertiary/aromatic N) is 2. The van der Waals surface area contributed by atoms with Gasteiger partial charge in [0.2, 0.25) is 0 Å². The quantitative estimate of drug-likeness (QED) is 0.927. The third kappa shape index (κ3) is 3.12. The van der Waals surface area contributed by atoms with E-state index in [9.17, 15) is 0 Å². The molecule has 0 spiro atoms. The number of hydrogen-bond donors (Lipinski definition) is 1. The topological polar surface area (TPSA) is 32.5 Å². The molecule has 2 N–H and O–H groups in total. The Hall–Kier alpha value is -0.320. The van der Waals surface area contributed by atoms with Crippen molar-refractivity contribution < 1.29 is 0 Å². The molecule has 0 amide bonds. The molecule has 1 aliphatic carbocycles. The van der Waals surface area contributed by atoms with Crippen LogP contribution in [-0.2, 0) is 0 Å². The molecule has 2 fully saturated rings. The Bertz CT molecular complexity index is 468. The lowest BCUT2D eigenvalue weighted by Crippen LogP contribution is -2.49. The number of piperazine rings is 1. The van der Waals surface area contributed by atoms with Crippen molar-refractivity contribution in [2.45, 2.75) is 24.9 Å². The molecular weight excluding hydrogens is 293 g/mol. The smallest absolute Gasteiger partial charge is 0.0486 e. The van der Waals surface area contributed by atoms with Crippen molar-refractivity contribution >= 4 is 23.2 Å².